The van der Waals surface area contributed by atoms with E-state index in [1.54, 1.807) is 0 Å². The van der Waals surface area contributed by atoms with Crippen LogP contribution in [0.15, 0.2) is 0 Å². The van der Waals surface area contributed by atoms with Crippen LogP contribution in [0.3, 0.4) is 0 Å². The van der Waals surface area contributed by atoms with Crippen molar-refractivity contribution in [3.8, 4) is 0 Å². The molecule has 118 valence electrons. The van der Waals surface area contributed by atoms with Gasteiger partial charge in [-0.25, -0.2) is 0 Å². The van der Waals surface area contributed by atoms with E-state index in [0.29, 0.717) is 0 Å². The van der Waals surface area contributed by atoms with Crippen molar-refractivity contribution < 1.29 is 0 Å². The minimum absolute atomic E-state index is 0.744. The molecular weight excluding hydrogens is 246 g/mol. The molecule has 1 aliphatic carbocycles. The Hall–Kier alpha value is -0.120. The SMILES string of the molecule is CCCNC1CC(C)CC(C)C1CN1CCN(C)CC1. The summed E-state index contributed by atoms with van der Waals surface area (Å²) in [7, 11) is 2.24. The first kappa shape index (κ1) is 16.3. The fourth-order valence-corrected chi connectivity index (χ4v) is 4.11. The fraction of sp³-hybridized carbons (Fsp3) is 1.00. The van der Waals surface area contributed by atoms with Gasteiger partial charge in [-0.05, 0) is 50.6 Å². The van der Waals surface area contributed by atoms with E-state index in [1.165, 1.54) is 58.5 Å². The Bertz CT molecular complexity index is 273. The van der Waals surface area contributed by atoms with E-state index in [-0.39, 0.29) is 0 Å². The van der Waals surface area contributed by atoms with Gasteiger partial charge in [0, 0.05) is 38.8 Å². The zero-order chi connectivity index (χ0) is 14.5. The van der Waals surface area contributed by atoms with Crippen LogP contribution >= 0.6 is 0 Å². The van der Waals surface area contributed by atoms with Gasteiger partial charge >= 0.3 is 0 Å². The number of nitrogens with zero attached hydrogens (tertiary/aromatic N) is 2. The largest absolute Gasteiger partial charge is 0.314 e. The maximum atomic E-state index is 3.84. The van der Waals surface area contributed by atoms with Crippen molar-refractivity contribution in [2.24, 2.45) is 17.8 Å². The summed E-state index contributed by atoms with van der Waals surface area (Å²) >= 11 is 0. The minimum Gasteiger partial charge on any atom is -0.314 e. The second-order valence-corrected chi connectivity index (χ2v) is 7.38. The molecule has 0 radical (unpaired) electrons. The van der Waals surface area contributed by atoms with Gasteiger partial charge in [0.25, 0.3) is 0 Å². The molecule has 0 aromatic carbocycles. The molecule has 20 heavy (non-hydrogen) atoms. The lowest BCUT2D eigenvalue weighted by Gasteiger charge is -2.44. The smallest absolute Gasteiger partial charge is 0.0113 e. The Kier molecular flexibility index (Phi) is 6.31. The Morgan fingerprint density at radius 1 is 1.05 bits per heavy atom. The molecule has 4 unspecified atom stereocenters. The monoisotopic (exact) mass is 281 g/mol. The van der Waals surface area contributed by atoms with E-state index in [4.69, 9.17) is 0 Å². The molecular formula is C17H35N3. The van der Waals surface area contributed by atoms with Crippen LogP contribution in [0.5, 0.6) is 0 Å². The van der Waals surface area contributed by atoms with Crippen LogP contribution in [0.4, 0.5) is 0 Å². The second kappa shape index (κ2) is 7.77. The lowest BCUT2D eigenvalue weighted by Crippen LogP contribution is -2.52. The molecule has 4 atom stereocenters. The zero-order valence-corrected chi connectivity index (χ0v) is 14.1. The molecule has 1 N–H and O–H groups in total. The average Bonchev–Trinajstić information content (AvgIpc) is 2.42. The van der Waals surface area contributed by atoms with Gasteiger partial charge in [-0.1, -0.05) is 20.8 Å². The van der Waals surface area contributed by atoms with Crippen molar-refractivity contribution in [2.75, 3.05) is 46.3 Å². The third kappa shape index (κ3) is 4.44. The van der Waals surface area contributed by atoms with E-state index in [2.05, 4.69) is 42.9 Å². The van der Waals surface area contributed by atoms with Crippen LogP contribution in [0, 0.1) is 17.8 Å². The van der Waals surface area contributed by atoms with Crippen molar-refractivity contribution in [2.45, 2.75) is 46.1 Å². The highest BCUT2D eigenvalue weighted by atomic mass is 15.2. The lowest BCUT2D eigenvalue weighted by atomic mass is 9.72. The van der Waals surface area contributed by atoms with Crippen LogP contribution < -0.4 is 5.32 Å². The van der Waals surface area contributed by atoms with Crippen molar-refractivity contribution in [1.82, 2.24) is 15.1 Å². The van der Waals surface area contributed by atoms with E-state index in [1.807, 2.05) is 0 Å². The highest BCUT2D eigenvalue weighted by molar-refractivity contribution is 4.90. The van der Waals surface area contributed by atoms with Gasteiger partial charge in [-0.15, -0.1) is 0 Å². The first-order valence-corrected chi connectivity index (χ1v) is 8.74. The van der Waals surface area contributed by atoms with Gasteiger partial charge in [0.2, 0.25) is 0 Å². The first-order chi connectivity index (χ1) is 9.60. The quantitative estimate of drug-likeness (QED) is 0.834. The molecule has 3 nitrogen and oxygen atoms in total. The van der Waals surface area contributed by atoms with Crippen LogP contribution in [0.1, 0.15) is 40.0 Å². The lowest BCUT2D eigenvalue weighted by molar-refractivity contribution is 0.0749. The second-order valence-electron chi connectivity index (χ2n) is 7.38. The maximum Gasteiger partial charge on any atom is 0.0113 e. The zero-order valence-electron chi connectivity index (χ0n) is 14.1. The number of rotatable bonds is 5. The summed E-state index contributed by atoms with van der Waals surface area (Å²) in [5.41, 5.74) is 0. The molecule has 0 amide bonds. The van der Waals surface area contributed by atoms with Crippen molar-refractivity contribution in [1.29, 1.82) is 0 Å². The van der Waals surface area contributed by atoms with Gasteiger partial charge in [-0.3, -0.25) is 0 Å². The van der Waals surface area contributed by atoms with Crippen molar-refractivity contribution >= 4 is 0 Å². The number of hydrogen-bond donors (Lipinski definition) is 1. The van der Waals surface area contributed by atoms with Gasteiger partial charge < -0.3 is 15.1 Å². The molecule has 2 aliphatic rings. The summed E-state index contributed by atoms with van der Waals surface area (Å²) in [5, 5.41) is 3.84. The number of nitrogens with one attached hydrogen (secondary N) is 1. The van der Waals surface area contributed by atoms with E-state index in [9.17, 15) is 0 Å². The minimum atomic E-state index is 0.744. The third-order valence-electron chi connectivity index (χ3n) is 5.40. The molecule has 1 heterocycles. The molecule has 0 aromatic rings. The summed E-state index contributed by atoms with van der Waals surface area (Å²) in [6.07, 6.45) is 4.05. The van der Waals surface area contributed by atoms with E-state index < -0.39 is 0 Å². The predicted molar refractivity (Wildman–Crippen MR) is 87.1 cm³/mol. The van der Waals surface area contributed by atoms with Gasteiger partial charge in [-0.2, -0.15) is 0 Å². The van der Waals surface area contributed by atoms with Crippen molar-refractivity contribution in [3.05, 3.63) is 0 Å². The summed E-state index contributed by atoms with van der Waals surface area (Å²) in [6.45, 7) is 14.7. The molecule has 3 heteroatoms. The van der Waals surface area contributed by atoms with Gasteiger partial charge in [0.15, 0.2) is 0 Å². The number of hydrogen-bond acceptors (Lipinski definition) is 3. The molecule has 1 saturated carbocycles. The third-order valence-corrected chi connectivity index (χ3v) is 5.40. The fourth-order valence-electron chi connectivity index (χ4n) is 4.11. The maximum absolute atomic E-state index is 3.84. The molecule has 0 bridgehead atoms. The standard InChI is InChI=1S/C17H35N3/c1-5-6-18-17-12-14(2)11-15(3)16(17)13-20-9-7-19(4)8-10-20/h14-18H,5-13H2,1-4H3. The molecule has 1 saturated heterocycles. The topological polar surface area (TPSA) is 18.5 Å². The summed E-state index contributed by atoms with van der Waals surface area (Å²) < 4.78 is 0. The number of piperazine rings is 1. The number of likely N-dealkylation sites (N-methyl/N-ethyl adjacent to an activating group) is 1. The Morgan fingerprint density at radius 2 is 1.75 bits per heavy atom. The molecule has 2 rings (SSSR count). The highest BCUT2D eigenvalue weighted by Gasteiger charge is 2.34. The van der Waals surface area contributed by atoms with Crippen LogP contribution in [-0.2, 0) is 0 Å². The van der Waals surface area contributed by atoms with E-state index in [0.717, 1.165) is 23.8 Å². The summed E-state index contributed by atoms with van der Waals surface area (Å²) in [5.74, 6) is 2.61. The van der Waals surface area contributed by atoms with Gasteiger partial charge in [0.05, 0.1) is 0 Å². The van der Waals surface area contributed by atoms with Crippen LogP contribution in [0.25, 0.3) is 0 Å². The van der Waals surface area contributed by atoms with E-state index >= 15 is 0 Å². The summed E-state index contributed by atoms with van der Waals surface area (Å²) in [4.78, 5) is 5.16. The molecule has 0 spiro atoms. The van der Waals surface area contributed by atoms with Gasteiger partial charge in [0.1, 0.15) is 0 Å². The summed E-state index contributed by atoms with van der Waals surface area (Å²) in [6, 6.07) is 0.744. The van der Waals surface area contributed by atoms with Crippen molar-refractivity contribution in [3.63, 3.8) is 0 Å². The first-order valence-electron chi connectivity index (χ1n) is 8.74. The molecule has 1 aliphatic heterocycles. The Morgan fingerprint density at radius 3 is 2.40 bits per heavy atom. The predicted octanol–water partition coefficient (Wildman–Crippen LogP) is 2.28. The van der Waals surface area contributed by atoms with Crippen LogP contribution in [-0.4, -0.2) is 62.2 Å². The molecule has 0 aromatic heterocycles. The Balaban J connectivity index is 1.90. The van der Waals surface area contributed by atoms with Crippen LogP contribution in [0.2, 0.25) is 0 Å². The molecule has 2 fully saturated rings. The average molecular weight is 281 g/mol. The normalized spacial score (nSPS) is 37.2. The highest BCUT2D eigenvalue weighted by Crippen LogP contribution is 2.34. The Labute approximate surface area is 126 Å².